The van der Waals surface area contributed by atoms with Crippen molar-refractivity contribution in [3.63, 3.8) is 0 Å². The minimum Gasteiger partial charge on any atom is -0.478 e. The van der Waals surface area contributed by atoms with Crippen molar-refractivity contribution in [2.24, 2.45) is 0 Å². The first-order valence-electron chi connectivity index (χ1n) is 10.1. The Morgan fingerprint density at radius 2 is 1.67 bits per heavy atom. The predicted octanol–water partition coefficient (Wildman–Crippen LogP) is 6.34. The van der Waals surface area contributed by atoms with Gasteiger partial charge in [0, 0.05) is 6.08 Å². The van der Waals surface area contributed by atoms with Crippen molar-refractivity contribution in [3.05, 3.63) is 64.3 Å². The van der Waals surface area contributed by atoms with Crippen molar-refractivity contribution < 1.29 is 9.90 Å². The lowest BCUT2D eigenvalue weighted by atomic mass is 9.62. The quantitative estimate of drug-likeness (QED) is 0.502. The van der Waals surface area contributed by atoms with Gasteiger partial charge in [0.05, 0.1) is 0 Å². The molecule has 1 N–H and O–H groups in total. The van der Waals surface area contributed by atoms with E-state index in [0.717, 1.165) is 18.4 Å². The fourth-order valence-corrected chi connectivity index (χ4v) is 4.50. The van der Waals surface area contributed by atoms with Crippen molar-refractivity contribution >= 4 is 11.5 Å². The van der Waals surface area contributed by atoms with Gasteiger partial charge in [-0.1, -0.05) is 58.1 Å². The minimum absolute atomic E-state index is 0.221. The fraction of sp³-hybridized carbons (Fsp3) is 0.480. The summed E-state index contributed by atoms with van der Waals surface area (Å²) in [5.41, 5.74) is 8.52. The summed E-state index contributed by atoms with van der Waals surface area (Å²) in [6, 6.07) is 4.95. The number of hydrogen-bond acceptors (Lipinski definition) is 1. The molecule has 3 rings (SSSR count). The van der Waals surface area contributed by atoms with Gasteiger partial charge in [-0.3, -0.25) is 0 Å². The third-order valence-electron chi connectivity index (χ3n) is 6.32. The van der Waals surface area contributed by atoms with Gasteiger partial charge in [0.25, 0.3) is 0 Å². The van der Waals surface area contributed by atoms with Crippen LogP contribution in [0.5, 0.6) is 0 Å². The molecule has 2 heteroatoms. The number of aliphatic carboxylic acids is 1. The fourth-order valence-electron chi connectivity index (χ4n) is 4.50. The zero-order valence-electron chi connectivity index (χ0n) is 17.4. The molecule has 0 heterocycles. The molecule has 0 saturated heterocycles. The van der Waals surface area contributed by atoms with E-state index in [0.29, 0.717) is 0 Å². The number of allylic oxidation sites excluding steroid dienone is 5. The molecule has 1 aromatic carbocycles. The van der Waals surface area contributed by atoms with Gasteiger partial charge in [-0.05, 0) is 83.3 Å². The number of carbonyl (C=O) groups is 1. The highest BCUT2D eigenvalue weighted by Gasteiger charge is 2.38. The SMILES string of the molecule is CC(/C=C/C=C1/CCCc2cc3c(cc21)C(C)(C)CCC3(C)C)=C\C(=O)O. The molecule has 144 valence electrons. The van der Waals surface area contributed by atoms with Crippen LogP contribution in [0.4, 0.5) is 0 Å². The molecule has 0 atom stereocenters. The van der Waals surface area contributed by atoms with Crippen LogP contribution in [0, 0.1) is 0 Å². The van der Waals surface area contributed by atoms with Gasteiger partial charge >= 0.3 is 5.97 Å². The molecule has 0 saturated carbocycles. The molecular weight excluding hydrogens is 332 g/mol. The zero-order chi connectivity index (χ0) is 19.8. The average molecular weight is 365 g/mol. The number of benzene rings is 1. The Labute approximate surface area is 163 Å². The highest BCUT2D eigenvalue weighted by molar-refractivity contribution is 5.81. The first kappa shape index (κ1) is 19.7. The van der Waals surface area contributed by atoms with E-state index in [1.165, 1.54) is 53.2 Å². The molecule has 0 fully saturated rings. The summed E-state index contributed by atoms with van der Waals surface area (Å²) >= 11 is 0. The maximum Gasteiger partial charge on any atom is 0.328 e. The second-order valence-electron chi connectivity index (χ2n) is 9.45. The summed E-state index contributed by atoms with van der Waals surface area (Å²) in [4.78, 5) is 10.8. The Hall–Kier alpha value is -2.09. The molecule has 2 aliphatic rings. The van der Waals surface area contributed by atoms with Crippen LogP contribution in [-0.2, 0) is 22.0 Å². The van der Waals surface area contributed by atoms with E-state index < -0.39 is 5.97 Å². The summed E-state index contributed by atoms with van der Waals surface area (Å²) in [6.07, 6.45) is 13.2. The molecule has 0 aromatic heterocycles. The maximum absolute atomic E-state index is 10.8. The lowest BCUT2D eigenvalue weighted by Gasteiger charge is -2.43. The average Bonchev–Trinajstić information content (AvgIpc) is 2.57. The third-order valence-corrected chi connectivity index (χ3v) is 6.32. The van der Waals surface area contributed by atoms with E-state index in [-0.39, 0.29) is 10.8 Å². The Kier molecular flexibility index (Phi) is 5.20. The van der Waals surface area contributed by atoms with Crippen LogP contribution < -0.4 is 0 Å². The van der Waals surface area contributed by atoms with Crippen molar-refractivity contribution in [3.8, 4) is 0 Å². The van der Waals surface area contributed by atoms with Crippen LogP contribution in [0.25, 0.3) is 5.57 Å². The number of fused-ring (bicyclic) bond motifs is 2. The minimum atomic E-state index is -0.899. The lowest BCUT2D eigenvalue weighted by molar-refractivity contribution is -0.131. The number of aryl methyl sites for hydroxylation is 1. The normalized spacial score (nSPS) is 22.6. The van der Waals surface area contributed by atoms with Gasteiger partial charge in [0.15, 0.2) is 0 Å². The van der Waals surface area contributed by atoms with Crippen LogP contribution in [0.3, 0.4) is 0 Å². The standard InChI is InChI=1S/C25H32O2/c1-17(14-23(26)27)8-6-9-18-10-7-11-19-15-21-22(16-20(18)19)25(4,5)13-12-24(21,2)3/h6,8-9,14-16H,7,10-13H2,1-5H3,(H,26,27)/b8-6+,17-14+,18-9-. The topological polar surface area (TPSA) is 37.3 Å². The number of carboxylic acid groups (broad SMARTS) is 1. The van der Waals surface area contributed by atoms with Crippen LogP contribution >= 0.6 is 0 Å². The second kappa shape index (κ2) is 7.14. The molecule has 0 bridgehead atoms. The number of rotatable bonds is 3. The van der Waals surface area contributed by atoms with E-state index in [2.05, 4.69) is 45.9 Å². The molecule has 0 aliphatic heterocycles. The summed E-state index contributed by atoms with van der Waals surface area (Å²) in [5, 5.41) is 8.84. The van der Waals surface area contributed by atoms with E-state index in [1.54, 1.807) is 0 Å². The number of hydrogen-bond donors (Lipinski definition) is 1. The molecule has 0 radical (unpaired) electrons. The summed E-state index contributed by atoms with van der Waals surface area (Å²) in [5.74, 6) is -0.899. The highest BCUT2D eigenvalue weighted by atomic mass is 16.4. The van der Waals surface area contributed by atoms with E-state index in [1.807, 2.05) is 19.1 Å². The van der Waals surface area contributed by atoms with Gasteiger partial charge in [-0.25, -0.2) is 4.79 Å². The predicted molar refractivity (Wildman–Crippen MR) is 113 cm³/mol. The van der Waals surface area contributed by atoms with Crippen molar-refractivity contribution in [2.75, 3.05) is 0 Å². The van der Waals surface area contributed by atoms with Gasteiger partial charge in [0.2, 0.25) is 0 Å². The largest absolute Gasteiger partial charge is 0.478 e. The Balaban J connectivity index is 2.02. The molecule has 2 nitrogen and oxygen atoms in total. The second-order valence-corrected chi connectivity index (χ2v) is 9.45. The number of carboxylic acids is 1. The van der Waals surface area contributed by atoms with Crippen molar-refractivity contribution in [1.29, 1.82) is 0 Å². The van der Waals surface area contributed by atoms with E-state index in [9.17, 15) is 4.79 Å². The summed E-state index contributed by atoms with van der Waals surface area (Å²) < 4.78 is 0. The highest BCUT2D eigenvalue weighted by Crippen LogP contribution is 2.48. The Morgan fingerprint density at radius 1 is 1.04 bits per heavy atom. The molecule has 0 amide bonds. The molecule has 0 spiro atoms. The molecular formula is C25H32O2. The van der Waals surface area contributed by atoms with Gasteiger partial charge in [0.1, 0.15) is 0 Å². The van der Waals surface area contributed by atoms with Gasteiger partial charge < -0.3 is 5.11 Å². The molecule has 1 aromatic rings. The van der Waals surface area contributed by atoms with E-state index >= 15 is 0 Å². The summed E-state index contributed by atoms with van der Waals surface area (Å²) in [6.45, 7) is 11.3. The third kappa shape index (κ3) is 4.10. The van der Waals surface area contributed by atoms with Crippen LogP contribution in [0.1, 0.15) is 82.6 Å². The summed E-state index contributed by atoms with van der Waals surface area (Å²) in [7, 11) is 0. The Morgan fingerprint density at radius 3 is 2.30 bits per heavy atom. The van der Waals surface area contributed by atoms with E-state index in [4.69, 9.17) is 5.11 Å². The van der Waals surface area contributed by atoms with Crippen molar-refractivity contribution in [1.82, 2.24) is 0 Å². The van der Waals surface area contributed by atoms with Crippen LogP contribution in [-0.4, -0.2) is 11.1 Å². The lowest BCUT2D eigenvalue weighted by Crippen LogP contribution is -2.34. The molecule has 2 aliphatic carbocycles. The Bertz CT molecular complexity index is 847. The molecule has 27 heavy (non-hydrogen) atoms. The first-order chi connectivity index (χ1) is 12.6. The maximum atomic E-state index is 10.8. The van der Waals surface area contributed by atoms with Crippen LogP contribution in [0.2, 0.25) is 0 Å². The molecule has 0 unspecified atom stereocenters. The van der Waals surface area contributed by atoms with Crippen LogP contribution in [0.15, 0.2) is 42.0 Å². The first-order valence-corrected chi connectivity index (χ1v) is 10.1. The van der Waals surface area contributed by atoms with Gasteiger partial charge in [-0.15, -0.1) is 0 Å². The van der Waals surface area contributed by atoms with Gasteiger partial charge in [-0.2, -0.15) is 0 Å². The zero-order valence-corrected chi connectivity index (χ0v) is 17.4. The smallest absolute Gasteiger partial charge is 0.328 e. The van der Waals surface area contributed by atoms with Crippen molar-refractivity contribution in [2.45, 2.75) is 77.6 Å². The monoisotopic (exact) mass is 364 g/mol.